The van der Waals surface area contributed by atoms with Crippen LogP contribution >= 0.6 is 0 Å². The normalized spacial score (nSPS) is 15.4. The van der Waals surface area contributed by atoms with Crippen molar-refractivity contribution in [3.63, 3.8) is 0 Å². The lowest BCUT2D eigenvalue weighted by atomic mass is 9.76. The molecular weight excluding hydrogens is 571 g/mol. The van der Waals surface area contributed by atoms with Gasteiger partial charge in [-0.3, -0.25) is 0 Å². The van der Waals surface area contributed by atoms with Crippen molar-refractivity contribution < 1.29 is 4.42 Å². The standard InChI is InChI=1S/C45H31NO/c1-45(2)39-25-36-30-14-6-4-12-28(30)27-11-3-5-13-29(27)35(36)24-37(39)33-20-21-34-31-15-7-9-17-40(31)46(44(34)43(33)45)26-19-22-42-38(23-26)32-16-8-10-18-41(32)47-42/h3-19,22-25H,20-21H2,1-2H3. The molecule has 2 aliphatic carbocycles. The Morgan fingerprint density at radius 3 is 1.87 bits per heavy atom. The van der Waals surface area contributed by atoms with Crippen molar-refractivity contribution in [1.82, 2.24) is 4.57 Å². The Hall–Kier alpha value is -5.60. The van der Waals surface area contributed by atoms with E-state index >= 15 is 0 Å². The van der Waals surface area contributed by atoms with Crippen LogP contribution in [0.15, 0.2) is 132 Å². The van der Waals surface area contributed by atoms with E-state index < -0.39 is 0 Å². The van der Waals surface area contributed by atoms with Gasteiger partial charge in [-0.15, -0.1) is 0 Å². The highest BCUT2D eigenvalue weighted by Gasteiger charge is 2.43. The first-order valence-electron chi connectivity index (χ1n) is 16.7. The molecule has 2 heteroatoms. The number of allylic oxidation sites excluding steroid dienone is 2. The number of fused-ring (bicyclic) bond motifs is 15. The van der Waals surface area contributed by atoms with Crippen LogP contribution in [0.1, 0.15) is 42.7 Å². The molecular formula is C45H31NO. The predicted molar refractivity (Wildman–Crippen MR) is 198 cm³/mol. The number of furan rings is 1. The third kappa shape index (κ3) is 3.20. The smallest absolute Gasteiger partial charge is 0.135 e. The molecule has 2 aliphatic rings. The van der Waals surface area contributed by atoms with Crippen molar-refractivity contribution in [3.05, 3.63) is 150 Å². The summed E-state index contributed by atoms with van der Waals surface area (Å²) in [5, 5.41) is 11.7. The van der Waals surface area contributed by atoms with Crippen molar-refractivity contribution in [3.8, 4) is 5.69 Å². The van der Waals surface area contributed by atoms with E-state index in [4.69, 9.17) is 4.42 Å². The first kappa shape index (κ1) is 25.6. The topological polar surface area (TPSA) is 18.1 Å². The second-order valence-corrected chi connectivity index (χ2v) is 14.0. The first-order valence-corrected chi connectivity index (χ1v) is 16.7. The largest absolute Gasteiger partial charge is 0.456 e. The van der Waals surface area contributed by atoms with Crippen molar-refractivity contribution >= 4 is 76.3 Å². The van der Waals surface area contributed by atoms with E-state index in [0.29, 0.717) is 0 Å². The SMILES string of the molecule is CC1(C)C2=C(CCc3c2n(-c2ccc4oc5ccccc5c4c2)c2ccccc32)c2cc3c4ccccc4c4ccccc4c3cc21. The Labute approximate surface area is 272 Å². The molecule has 0 fully saturated rings. The van der Waals surface area contributed by atoms with Crippen LogP contribution in [0.5, 0.6) is 0 Å². The third-order valence-corrected chi connectivity index (χ3v) is 11.3. The van der Waals surface area contributed by atoms with Gasteiger partial charge in [-0.05, 0) is 115 Å². The van der Waals surface area contributed by atoms with Gasteiger partial charge in [0.1, 0.15) is 11.2 Å². The minimum atomic E-state index is -0.167. The summed E-state index contributed by atoms with van der Waals surface area (Å²) in [5.41, 5.74) is 12.9. The molecule has 0 N–H and O–H groups in total. The molecule has 0 spiro atoms. The number of hydrogen-bond donors (Lipinski definition) is 0. The van der Waals surface area contributed by atoms with Crippen molar-refractivity contribution in [1.29, 1.82) is 0 Å². The minimum absolute atomic E-state index is 0.167. The van der Waals surface area contributed by atoms with Gasteiger partial charge in [-0.25, -0.2) is 0 Å². The van der Waals surface area contributed by atoms with E-state index in [1.807, 2.05) is 6.07 Å². The van der Waals surface area contributed by atoms with Gasteiger partial charge in [0.25, 0.3) is 0 Å². The lowest BCUT2D eigenvalue weighted by molar-refractivity contribution is 0.669. The average Bonchev–Trinajstić information content (AvgIpc) is 3.73. The second-order valence-electron chi connectivity index (χ2n) is 14.0. The summed E-state index contributed by atoms with van der Waals surface area (Å²) in [6.07, 6.45) is 2.08. The summed E-state index contributed by atoms with van der Waals surface area (Å²) >= 11 is 0. The highest BCUT2D eigenvalue weighted by molar-refractivity contribution is 6.26. The van der Waals surface area contributed by atoms with Crippen molar-refractivity contribution in [2.24, 2.45) is 0 Å². The number of rotatable bonds is 1. The number of aromatic nitrogens is 1. The van der Waals surface area contributed by atoms with Gasteiger partial charge in [0.15, 0.2) is 0 Å². The zero-order valence-corrected chi connectivity index (χ0v) is 26.4. The Morgan fingerprint density at radius 1 is 0.532 bits per heavy atom. The molecule has 0 aliphatic heterocycles. The maximum absolute atomic E-state index is 6.25. The molecule has 11 rings (SSSR count). The highest BCUT2D eigenvalue weighted by Crippen LogP contribution is 2.58. The molecule has 222 valence electrons. The number of aryl methyl sites for hydroxylation is 1. The van der Waals surface area contributed by atoms with Crippen LogP contribution in [-0.4, -0.2) is 4.57 Å². The minimum Gasteiger partial charge on any atom is -0.456 e. The molecule has 0 saturated heterocycles. The van der Waals surface area contributed by atoms with E-state index in [2.05, 4.69) is 140 Å². The van der Waals surface area contributed by atoms with E-state index in [1.165, 1.54) is 82.4 Å². The maximum Gasteiger partial charge on any atom is 0.135 e. The summed E-state index contributed by atoms with van der Waals surface area (Å²) < 4.78 is 8.80. The second kappa shape index (κ2) is 8.80. The molecule has 7 aromatic carbocycles. The van der Waals surface area contributed by atoms with Gasteiger partial charge in [0, 0.05) is 27.3 Å². The van der Waals surface area contributed by atoms with Gasteiger partial charge >= 0.3 is 0 Å². The Bertz CT molecular complexity index is 2870. The molecule has 0 amide bonds. The Balaban J connectivity index is 1.23. The van der Waals surface area contributed by atoms with Crippen LogP contribution < -0.4 is 0 Å². The van der Waals surface area contributed by atoms with E-state index in [1.54, 1.807) is 0 Å². The maximum atomic E-state index is 6.25. The first-order chi connectivity index (χ1) is 23.1. The van der Waals surface area contributed by atoms with E-state index in [-0.39, 0.29) is 5.41 Å². The molecule has 0 unspecified atom stereocenters. The fraction of sp³-hybridized carbons (Fsp3) is 0.111. The van der Waals surface area contributed by atoms with Crippen LogP contribution in [-0.2, 0) is 11.8 Å². The van der Waals surface area contributed by atoms with Gasteiger partial charge < -0.3 is 8.98 Å². The van der Waals surface area contributed by atoms with Crippen LogP contribution in [0.4, 0.5) is 0 Å². The zero-order chi connectivity index (χ0) is 31.0. The van der Waals surface area contributed by atoms with Crippen LogP contribution in [0.2, 0.25) is 0 Å². The summed E-state index contributed by atoms with van der Waals surface area (Å²) in [6.45, 7) is 4.90. The number of para-hydroxylation sites is 2. The van der Waals surface area contributed by atoms with E-state index in [9.17, 15) is 0 Å². The van der Waals surface area contributed by atoms with Crippen molar-refractivity contribution in [2.45, 2.75) is 32.1 Å². The molecule has 0 saturated carbocycles. The Kier molecular flexibility index (Phi) is 4.79. The Morgan fingerprint density at radius 2 is 1.13 bits per heavy atom. The quantitative estimate of drug-likeness (QED) is 0.171. The molecule has 2 aromatic heterocycles. The fourth-order valence-electron chi connectivity index (χ4n) is 9.26. The molecule has 2 heterocycles. The summed E-state index contributed by atoms with van der Waals surface area (Å²) in [4.78, 5) is 0. The van der Waals surface area contributed by atoms with Gasteiger partial charge in [-0.2, -0.15) is 0 Å². The van der Waals surface area contributed by atoms with Crippen LogP contribution in [0.25, 0.3) is 82.0 Å². The number of nitrogens with zero attached hydrogens (tertiary/aromatic N) is 1. The number of benzene rings is 7. The summed E-state index contributed by atoms with van der Waals surface area (Å²) in [5.74, 6) is 0. The van der Waals surface area contributed by atoms with Crippen molar-refractivity contribution in [2.75, 3.05) is 0 Å². The molecule has 0 atom stereocenters. The monoisotopic (exact) mass is 601 g/mol. The molecule has 47 heavy (non-hydrogen) atoms. The highest BCUT2D eigenvalue weighted by atomic mass is 16.3. The van der Waals surface area contributed by atoms with Gasteiger partial charge in [-0.1, -0.05) is 98.8 Å². The van der Waals surface area contributed by atoms with Gasteiger partial charge in [0.2, 0.25) is 0 Å². The van der Waals surface area contributed by atoms with Gasteiger partial charge in [0.05, 0.1) is 11.2 Å². The molecule has 2 nitrogen and oxygen atoms in total. The molecule has 0 bridgehead atoms. The molecule has 9 aromatic rings. The zero-order valence-electron chi connectivity index (χ0n) is 26.4. The predicted octanol–water partition coefficient (Wildman–Crippen LogP) is 12.1. The molecule has 0 radical (unpaired) electrons. The summed E-state index contributed by atoms with van der Waals surface area (Å²) in [7, 11) is 0. The third-order valence-electron chi connectivity index (χ3n) is 11.3. The lowest BCUT2D eigenvalue weighted by Gasteiger charge is -2.29. The average molecular weight is 602 g/mol. The number of hydrogen-bond acceptors (Lipinski definition) is 1. The van der Waals surface area contributed by atoms with Crippen LogP contribution in [0, 0.1) is 0 Å². The summed E-state index contributed by atoms with van der Waals surface area (Å²) in [6, 6.07) is 47.1. The fourth-order valence-corrected chi connectivity index (χ4v) is 9.26. The van der Waals surface area contributed by atoms with Crippen LogP contribution in [0.3, 0.4) is 0 Å². The van der Waals surface area contributed by atoms with E-state index in [0.717, 1.165) is 34.8 Å². The lowest BCUT2D eigenvalue weighted by Crippen LogP contribution is -2.20.